The second kappa shape index (κ2) is 6.22. The molecule has 0 saturated heterocycles. The van der Waals surface area contributed by atoms with Crippen LogP contribution in [-0.2, 0) is 6.42 Å². The topological polar surface area (TPSA) is 42.8 Å². The summed E-state index contributed by atoms with van der Waals surface area (Å²) < 4.78 is 0. The van der Waals surface area contributed by atoms with Crippen LogP contribution in [-0.4, -0.2) is 29.0 Å². The highest BCUT2D eigenvalue weighted by Crippen LogP contribution is 2.33. The normalized spacial score (nSPS) is 22.1. The molecule has 1 aromatic carbocycles. The molecule has 1 atom stereocenters. The van der Waals surface area contributed by atoms with Crippen LogP contribution in [0.25, 0.3) is 10.9 Å². The fraction of sp³-hybridized carbons (Fsp3) is 0.450. The number of H-pyrrole nitrogens is 1. The van der Waals surface area contributed by atoms with Gasteiger partial charge in [0.2, 0.25) is 0 Å². The maximum atomic E-state index is 9.56. The van der Waals surface area contributed by atoms with Crippen LogP contribution < -0.4 is 0 Å². The molecule has 0 bridgehead atoms. The van der Waals surface area contributed by atoms with E-state index in [2.05, 4.69) is 46.4 Å². The molecule has 1 aliphatic carbocycles. The molecule has 0 spiro atoms. The SMILES string of the molecule is N#CC1CC2=C(CCCC2)CN1CCc1c[nH]c2ccccc12. The highest BCUT2D eigenvalue weighted by molar-refractivity contribution is 5.83. The fourth-order valence-corrected chi connectivity index (χ4v) is 4.15. The first-order chi connectivity index (χ1) is 11.3. The van der Waals surface area contributed by atoms with E-state index in [9.17, 15) is 5.26 Å². The van der Waals surface area contributed by atoms with E-state index in [4.69, 9.17) is 0 Å². The first kappa shape index (κ1) is 14.5. The van der Waals surface area contributed by atoms with Gasteiger partial charge in [-0.3, -0.25) is 4.90 Å². The number of aromatic nitrogens is 1. The average molecular weight is 305 g/mol. The van der Waals surface area contributed by atoms with Crippen LogP contribution in [0.2, 0.25) is 0 Å². The predicted octanol–water partition coefficient (Wildman–Crippen LogP) is 4.18. The third-order valence-electron chi connectivity index (χ3n) is 5.47. The zero-order valence-corrected chi connectivity index (χ0v) is 13.5. The van der Waals surface area contributed by atoms with Gasteiger partial charge in [0.25, 0.3) is 0 Å². The molecule has 0 amide bonds. The molecule has 0 radical (unpaired) electrons. The Hall–Kier alpha value is -2.05. The van der Waals surface area contributed by atoms with Crippen LogP contribution in [0.5, 0.6) is 0 Å². The first-order valence-electron chi connectivity index (χ1n) is 8.73. The predicted molar refractivity (Wildman–Crippen MR) is 93.1 cm³/mol. The largest absolute Gasteiger partial charge is 0.361 e. The number of fused-ring (bicyclic) bond motifs is 1. The molecular weight excluding hydrogens is 282 g/mol. The van der Waals surface area contributed by atoms with Crippen LogP contribution in [0, 0.1) is 11.3 Å². The van der Waals surface area contributed by atoms with Gasteiger partial charge in [0.05, 0.1) is 6.07 Å². The van der Waals surface area contributed by atoms with Gasteiger partial charge in [0, 0.05) is 30.2 Å². The van der Waals surface area contributed by atoms with Gasteiger partial charge in [-0.15, -0.1) is 0 Å². The number of nitrogens with zero attached hydrogens (tertiary/aromatic N) is 2. The van der Waals surface area contributed by atoms with Gasteiger partial charge >= 0.3 is 0 Å². The lowest BCUT2D eigenvalue weighted by Crippen LogP contribution is -2.41. The molecule has 0 saturated carbocycles. The number of nitriles is 1. The maximum Gasteiger partial charge on any atom is 0.102 e. The third-order valence-corrected chi connectivity index (χ3v) is 5.47. The lowest BCUT2D eigenvalue weighted by Gasteiger charge is -2.36. The molecule has 1 aromatic heterocycles. The summed E-state index contributed by atoms with van der Waals surface area (Å²) in [6, 6.07) is 11.1. The molecule has 2 aliphatic rings. The number of hydrogen-bond donors (Lipinski definition) is 1. The minimum absolute atomic E-state index is 0.0667. The Balaban J connectivity index is 1.50. The van der Waals surface area contributed by atoms with Gasteiger partial charge in [0.1, 0.15) is 6.04 Å². The monoisotopic (exact) mass is 305 g/mol. The molecule has 0 fully saturated rings. The molecule has 2 aromatic rings. The van der Waals surface area contributed by atoms with Crippen molar-refractivity contribution in [2.45, 2.75) is 44.6 Å². The molecule has 1 N–H and O–H groups in total. The summed E-state index contributed by atoms with van der Waals surface area (Å²) in [5, 5.41) is 10.9. The van der Waals surface area contributed by atoms with E-state index in [-0.39, 0.29) is 6.04 Å². The first-order valence-corrected chi connectivity index (χ1v) is 8.73. The van der Waals surface area contributed by atoms with Gasteiger partial charge in [0.15, 0.2) is 0 Å². The average Bonchev–Trinajstić information content (AvgIpc) is 3.02. The van der Waals surface area contributed by atoms with Crippen LogP contribution in [0.3, 0.4) is 0 Å². The van der Waals surface area contributed by atoms with Crippen molar-refractivity contribution in [3.63, 3.8) is 0 Å². The standard InChI is InChI=1S/C20H23N3/c21-12-18-11-15-5-1-2-6-17(15)14-23(18)10-9-16-13-22-20-8-4-3-7-19(16)20/h3-4,7-8,13,18,22H,1-2,5-6,9-11,14H2. The molecule has 2 heterocycles. The van der Waals surface area contributed by atoms with Crippen molar-refractivity contribution in [1.82, 2.24) is 9.88 Å². The highest BCUT2D eigenvalue weighted by Gasteiger charge is 2.28. The van der Waals surface area contributed by atoms with E-state index in [1.54, 1.807) is 11.1 Å². The van der Waals surface area contributed by atoms with Crippen LogP contribution in [0.1, 0.15) is 37.7 Å². The van der Waals surface area contributed by atoms with Crippen molar-refractivity contribution in [1.29, 1.82) is 5.26 Å². The van der Waals surface area contributed by atoms with Crippen molar-refractivity contribution in [2.24, 2.45) is 0 Å². The summed E-state index contributed by atoms with van der Waals surface area (Å²) in [6.07, 6.45) is 9.21. The van der Waals surface area contributed by atoms with E-state index in [1.807, 2.05) is 0 Å². The van der Waals surface area contributed by atoms with E-state index in [0.717, 1.165) is 25.9 Å². The summed E-state index contributed by atoms with van der Waals surface area (Å²) in [5.74, 6) is 0. The molecule has 1 aliphatic heterocycles. The van der Waals surface area contributed by atoms with Crippen molar-refractivity contribution >= 4 is 10.9 Å². The van der Waals surface area contributed by atoms with E-state index < -0.39 is 0 Å². The zero-order chi connectivity index (χ0) is 15.6. The number of hydrogen-bond acceptors (Lipinski definition) is 2. The smallest absolute Gasteiger partial charge is 0.102 e. The molecule has 118 valence electrons. The van der Waals surface area contributed by atoms with Gasteiger partial charge in [-0.05, 0) is 50.2 Å². The molecule has 3 heteroatoms. The Kier molecular flexibility index (Phi) is 3.93. The summed E-state index contributed by atoms with van der Waals surface area (Å²) in [7, 11) is 0. The van der Waals surface area contributed by atoms with Crippen molar-refractivity contribution in [3.05, 3.63) is 47.2 Å². The minimum Gasteiger partial charge on any atom is -0.361 e. The van der Waals surface area contributed by atoms with Gasteiger partial charge in [-0.25, -0.2) is 0 Å². The Morgan fingerprint density at radius 2 is 2.00 bits per heavy atom. The molecule has 3 nitrogen and oxygen atoms in total. The van der Waals surface area contributed by atoms with Gasteiger partial charge < -0.3 is 4.98 Å². The highest BCUT2D eigenvalue weighted by atomic mass is 15.2. The lowest BCUT2D eigenvalue weighted by molar-refractivity contribution is 0.231. The lowest BCUT2D eigenvalue weighted by atomic mass is 9.84. The molecular formula is C20H23N3. The van der Waals surface area contributed by atoms with Crippen LogP contribution in [0.4, 0.5) is 0 Å². The fourth-order valence-electron chi connectivity index (χ4n) is 4.15. The Morgan fingerprint density at radius 3 is 2.87 bits per heavy atom. The van der Waals surface area contributed by atoms with Crippen molar-refractivity contribution < 1.29 is 0 Å². The second-order valence-corrected chi connectivity index (χ2v) is 6.84. The van der Waals surface area contributed by atoms with Crippen molar-refractivity contribution in [3.8, 4) is 6.07 Å². The second-order valence-electron chi connectivity index (χ2n) is 6.84. The molecule has 4 rings (SSSR count). The summed E-state index contributed by atoms with van der Waals surface area (Å²) >= 11 is 0. The minimum atomic E-state index is 0.0667. The number of benzene rings is 1. The van der Waals surface area contributed by atoms with Gasteiger partial charge in [-0.2, -0.15) is 5.26 Å². The molecule has 1 unspecified atom stereocenters. The summed E-state index contributed by atoms with van der Waals surface area (Å²) in [5.41, 5.74) is 5.78. The zero-order valence-electron chi connectivity index (χ0n) is 13.5. The Morgan fingerprint density at radius 1 is 1.17 bits per heavy atom. The summed E-state index contributed by atoms with van der Waals surface area (Å²) in [6.45, 7) is 1.98. The van der Waals surface area contributed by atoms with Crippen molar-refractivity contribution in [2.75, 3.05) is 13.1 Å². The third kappa shape index (κ3) is 2.80. The number of rotatable bonds is 3. The van der Waals surface area contributed by atoms with E-state index >= 15 is 0 Å². The van der Waals surface area contributed by atoms with Crippen LogP contribution >= 0.6 is 0 Å². The number of nitrogens with one attached hydrogen (secondary N) is 1. The maximum absolute atomic E-state index is 9.56. The van der Waals surface area contributed by atoms with Crippen LogP contribution in [0.15, 0.2) is 41.6 Å². The van der Waals surface area contributed by atoms with Gasteiger partial charge in [-0.1, -0.05) is 29.3 Å². The van der Waals surface area contributed by atoms with E-state index in [0.29, 0.717) is 0 Å². The summed E-state index contributed by atoms with van der Waals surface area (Å²) in [4.78, 5) is 5.75. The Bertz CT molecular complexity index is 778. The number of para-hydroxylation sites is 1. The van der Waals surface area contributed by atoms with E-state index in [1.165, 1.54) is 42.1 Å². The Labute approximate surface area is 137 Å². The molecule has 23 heavy (non-hydrogen) atoms. The quantitative estimate of drug-likeness (QED) is 0.864. The number of aromatic amines is 1.